The normalized spacial score (nSPS) is 12.0. The predicted octanol–water partition coefficient (Wildman–Crippen LogP) is 2.21. The van der Waals surface area contributed by atoms with Crippen molar-refractivity contribution >= 4 is 9.23 Å². The van der Waals surface area contributed by atoms with E-state index in [1.165, 1.54) is 0 Å². The van der Waals surface area contributed by atoms with Crippen molar-refractivity contribution in [2.75, 3.05) is 13.2 Å². The van der Waals surface area contributed by atoms with Crippen LogP contribution >= 0.6 is 0 Å². The molecular formula is C6H14F2O2Si. The van der Waals surface area contributed by atoms with E-state index in [2.05, 4.69) is 8.85 Å². The third kappa shape index (κ3) is 6.40. The van der Waals surface area contributed by atoms with Crippen LogP contribution in [-0.4, -0.2) is 22.4 Å². The van der Waals surface area contributed by atoms with Gasteiger partial charge in [0.15, 0.2) is 0 Å². The third-order valence-electron chi connectivity index (χ3n) is 0.948. The molecule has 0 bridgehead atoms. The molecule has 0 radical (unpaired) electrons. The summed E-state index contributed by atoms with van der Waals surface area (Å²) in [5.41, 5.74) is 0. The van der Waals surface area contributed by atoms with Gasteiger partial charge in [-0.05, 0) is 12.8 Å². The van der Waals surface area contributed by atoms with Crippen molar-refractivity contribution < 1.29 is 17.1 Å². The first kappa shape index (κ1) is 11.0. The van der Waals surface area contributed by atoms with Gasteiger partial charge in [-0.25, -0.2) is 8.22 Å². The quantitative estimate of drug-likeness (QED) is 0.465. The first-order valence-corrected chi connectivity index (χ1v) is 5.35. The predicted molar refractivity (Wildman–Crippen MR) is 40.5 cm³/mol. The molecule has 0 amide bonds. The molecule has 0 aromatic rings. The topological polar surface area (TPSA) is 18.5 Å². The summed E-state index contributed by atoms with van der Waals surface area (Å²) in [5, 5.41) is 0. The van der Waals surface area contributed by atoms with Crippen LogP contribution in [0.3, 0.4) is 0 Å². The van der Waals surface area contributed by atoms with Crippen LogP contribution in [0.25, 0.3) is 0 Å². The Bertz CT molecular complexity index is 90.6. The molecule has 0 spiro atoms. The molecule has 2 nitrogen and oxygen atoms in total. The lowest BCUT2D eigenvalue weighted by molar-refractivity contribution is 0.0870. The summed E-state index contributed by atoms with van der Waals surface area (Å²) in [7, 11) is -4.75. The van der Waals surface area contributed by atoms with Crippen LogP contribution in [0.4, 0.5) is 8.22 Å². The average Bonchev–Trinajstić information content (AvgIpc) is 1.97. The fraction of sp³-hybridized carbons (Fsp3) is 1.00. The van der Waals surface area contributed by atoms with Crippen LogP contribution in [-0.2, 0) is 8.85 Å². The van der Waals surface area contributed by atoms with Gasteiger partial charge < -0.3 is 8.85 Å². The molecule has 0 aromatic heterocycles. The summed E-state index contributed by atoms with van der Waals surface area (Å²) in [6.07, 6.45) is 1.19. The van der Waals surface area contributed by atoms with E-state index in [-0.39, 0.29) is 13.2 Å². The molecular weight excluding hydrogens is 170 g/mol. The minimum Gasteiger partial charge on any atom is -0.345 e. The zero-order valence-electron chi connectivity index (χ0n) is 6.90. The molecule has 0 aliphatic carbocycles. The minimum absolute atomic E-state index is 0.0862. The lowest BCUT2D eigenvalue weighted by Gasteiger charge is -2.11. The Morgan fingerprint density at radius 1 is 1.00 bits per heavy atom. The van der Waals surface area contributed by atoms with Gasteiger partial charge in [0.1, 0.15) is 0 Å². The van der Waals surface area contributed by atoms with Crippen LogP contribution in [0.1, 0.15) is 26.7 Å². The van der Waals surface area contributed by atoms with Gasteiger partial charge >= 0.3 is 9.23 Å². The molecule has 0 heterocycles. The number of rotatable bonds is 6. The second-order valence-electron chi connectivity index (χ2n) is 2.16. The Hall–Kier alpha value is -0.00312. The Morgan fingerprint density at radius 2 is 1.36 bits per heavy atom. The van der Waals surface area contributed by atoms with E-state index in [1.807, 2.05) is 0 Å². The number of hydrogen-bond donors (Lipinski definition) is 0. The Balaban J connectivity index is 3.43. The molecule has 68 valence electrons. The summed E-state index contributed by atoms with van der Waals surface area (Å²) < 4.78 is 33.5. The second kappa shape index (κ2) is 5.62. The van der Waals surface area contributed by atoms with Crippen molar-refractivity contribution in [1.82, 2.24) is 0 Å². The van der Waals surface area contributed by atoms with Crippen LogP contribution in [0.5, 0.6) is 0 Å². The molecule has 0 aliphatic heterocycles. The summed E-state index contributed by atoms with van der Waals surface area (Å²) in [6.45, 7) is 3.74. The van der Waals surface area contributed by atoms with Gasteiger partial charge in [0, 0.05) is 13.2 Å². The van der Waals surface area contributed by atoms with Gasteiger partial charge in [-0.1, -0.05) is 13.8 Å². The second-order valence-corrected chi connectivity index (χ2v) is 3.66. The Kier molecular flexibility index (Phi) is 5.62. The molecule has 11 heavy (non-hydrogen) atoms. The monoisotopic (exact) mass is 184 g/mol. The van der Waals surface area contributed by atoms with E-state index in [1.54, 1.807) is 13.8 Å². The molecule has 0 aliphatic rings. The first-order chi connectivity index (χ1) is 5.12. The number of hydrogen-bond acceptors (Lipinski definition) is 2. The van der Waals surface area contributed by atoms with Gasteiger partial charge in [0.2, 0.25) is 0 Å². The van der Waals surface area contributed by atoms with E-state index >= 15 is 0 Å². The fourth-order valence-corrected chi connectivity index (χ4v) is 1.45. The molecule has 0 rings (SSSR count). The third-order valence-corrected chi connectivity index (χ3v) is 2.03. The zero-order chi connectivity index (χ0) is 8.74. The van der Waals surface area contributed by atoms with E-state index in [0.717, 1.165) is 0 Å². The fourth-order valence-electron chi connectivity index (χ4n) is 0.483. The van der Waals surface area contributed by atoms with E-state index < -0.39 is 9.23 Å². The maximum atomic E-state index is 12.5. The first-order valence-electron chi connectivity index (χ1n) is 3.78. The summed E-state index contributed by atoms with van der Waals surface area (Å²) in [5.74, 6) is 0. The Morgan fingerprint density at radius 3 is 1.64 bits per heavy atom. The molecule has 5 heteroatoms. The van der Waals surface area contributed by atoms with Crippen LogP contribution < -0.4 is 0 Å². The van der Waals surface area contributed by atoms with Crippen molar-refractivity contribution in [2.24, 2.45) is 0 Å². The maximum absolute atomic E-state index is 12.5. The highest BCUT2D eigenvalue weighted by atomic mass is 28.5. The summed E-state index contributed by atoms with van der Waals surface area (Å²) in [4.78, 5) is 0. The van der Waals surface area contributed by atoms with Crippen molar-refractivity contribution in [3.05, 3.63) is 0 Å². The maximum Gasteiger partial charge on any atom is 0.761 e. The molecule has 0 atom stereocenters. The van der Waals surface area contributed by atoms with Crippen LogP contribution in [0.15, 0.2) is 0 Å². The standard InChI is InChI=1S/C6H14F2O2Si/c1-3-5-9-11(7,8)10-6-4-2/h3-6H2,1-2H3. The van der Waals surface area contributed by atoms with Gasteiger partial charge in [-0.3, -0.25) is 0 Å². The van der Waals surface area contributed by atoms with Crippen LogP contribution in [0.2, 0.25) is 0 Å². The van der Waals surface area contributed by atoms with Crippen molar-refractivity contribution in [1.29, 1.82) is 0 Å². The smallest absolute Gasteiger partial charge is 0.345 e. The van der Waals surface area contributed by atoms with Crippen LogP contribution in [0, 0.1) is 0 Å². The molecule has 0 fully saturated rings. The highest BCUT2D eigenvalue weighted by Gasteiger charge is 2.42. The van der Waals surface area contributed by atoms with E-state index in [9.17, 15) is 8.22 Å². The minimum atomic E-state index is -4.75. The summed E-state index contributed by atoms with van der Waals surface area (Å²) >= 11 is 0. The number of halogens is 2. The van der Waals surface area contributed by atoms with Crippen molar-refractivity contribution in [3.63, 3.8) is 0 Å². The van der Waals surface area contributed by atoms with E-state index in [4.69, 9.17) is 0 Å². The van der Waals surface area contributed by atoms with E-state index in [0.29, 0.717) is 12.8 Å². The molecule has 0 N–H and O–H groups in total. The highest BCUT2D eigenvalue weighted by molar-refractivity contribution is 6.51. The zero-order valence-corrected chi connectivity index (χ0v) is 7.90. The van der Waals surface area contributed by atoms with Gasteiger partial charge in [-0.2, -0.15) is 0 Å². The van der Waals surface area contributed by atoms with Crippen molar-refractivity contribution in [2.45, 2.75) is 26.7 Å². The average molecular weight is 184 g/mol. The summed E-state index contributed by atoms with van der Waals surface area (Å²) in [6, 6.07) is 0. The lowest BCUT2D eigenvalue weighted by Crippen LogP contribution is -2.32. The van der Waals surface area contributed by atoms with Gasteiger partial charge in [0.05, 0.1) is 0 Å². The lowest BCUT2D eigenvalue weighted by atomic mass is 10.5. The molecule has 0 saturated carbocycles. The molecule has 0 aromatic carbocycles. The highest BCUT2D eigenvalue weighted by Crippen LogP contribution is 2.11. The van der Waals surface area contributed by atoms with Gasteiger partial charge in [-0.15, -0.1) is 0 Å². The largest absolute Gasteiger partial charge is 0.761 e. The Labute approximate surface area is 67.1 Å². The van der Waals surface area contributed by atoms with Crippen molar-refractivity contribution in [3.8, 4) is 0 Å². The SMILES string of the molecule is CCCO[Si](F)(F)OCCC. The molecule has 0 unspecified atom stereocenters. The van der Waals surface area contributed by atoms with Gasteiger partial charge in [0.25, 0.3) is 0 Å². The molecule has 0 saturated heterocycles.